The Labute approximate surface area is 244 Å². The second-order valence-electron chi connectivity index (χ2n) is 12.3. The molecule has 41 heavy (non-hydrogen) atoms. The van der Waals surface area contributed by atoms with Crippen LogP contribution in [0.15, 0.2) is 78.9 Å². The molecule has 1 fully saturated rings. The number of benzene rings is 3. The molecule has 0 spiro atoms. The molecule has 1 aliphatic rings. The van der Waals surface area contributed by atoms with Crippen LogP contribution < -0.4 is 15.1 Å². The number of carboxylic acids is 2. The summed E-state index contributed by atoms with van der Waals surface area (Å²) >= 11 is 0. The summed E-state index contributed by atoms with van der Waals surface area (Å²) in [5.41, 5.74) is -0.124. The normalized spacial score (nSPS) is 15.3. The van der Waals surface area contributed by atoms with Crippen LogP contribution in [0.4, 0.5) is 0 Å². The van der Waals surface area contributed by atoms with Crippen LogP contribution in [0.3, 0.4) is 0 Å². The Kier molecular flexibility index (Phi) is 9.71. The highest BCUT2D eigenvalue weighted by Gasteiger charge is 2.50. The van der Waals surface area contributed by atoms with Crippen molar-refractivity contribution in [1.29, 1.82) is 0 Å². The summed E-state index contributed by atoms with van der Waals surface area (Å²) in [6.07, 6.45) is 7.45. The minimum Gasteiger partial charge on any atom is -0.494 e. The average Bonchev–Trinajstić information content (AvgIpc) is 2.96. The van der Waals surface area contributed by atoms with Crippen LogP contribution in [0.5, 0.6) is 5.75 Å². The molecular formula is C34H42O6Si. The zero-order valence-corrected chi connectivity index (χ0v) is 25.4. The van der Waals surface area contributed by atoms with Crippen LogP contribution in [-0.4, -0.2) is 43.7 Å². The van der Waals surface area contributed by atoms with Crippen molar-refractivity contribution in [3.8, 4) is 5.75 Å². The number of hydrogen-bond donors (Lipinski definition) is 2. The van der Waals surface area contributed by atoms with E-state index < -0.39 is 20.3 Å². The maximum Gasteiger partial charge on any atom is 0.335 e. The zero-order valence-electron chi connectivity index (χ0n) is 24.4. The van der Waals surface area contributed by atoms with Crippen molar-refractivity contribution < 1.29 is 29.0 Å². The van der Waals surface area contributed by atoms with Crippen molar-refractivity contribution >= 4 is 30.6 Å². The predicted octanol–water partition coefficient (Wildman–Crippen LogP) is 6.77. The number of carboxylic acid groups (broad SMARTS) is 2. The van der Waals surface area contributed by atoms with Crippen LogP contribution in [-0.2, 0) is 4.43 Å². The number of ether oxygens (including phenoxy) is 1. The van der Waals surface area contributed by atoms with Gasteiger partial charge in [0, 0.05) is 6.61 Å². The lowest BCUT2D eigenvalue weighted by Crippen LogP contribution is -2.66. The lowest BCUT2D eigenvalue weighted by molar-refractivity contribution is 0.0695. The van der Waals surface area contributed by atoms with Gasteiger partial charge < -0.3 is 19.4 Å². The second-order valence-corrected chi connectivity index (χ2v) is 16.6. The van der Waals surface area contributed by atoms with E-state index in [-0.39, 0.29) is 27.3 Å². The van der Waals surface area contributed by atoms with Crippen LogP contribution >= 0.6 is 0 Å². The molecule has 0 bridgehead atoms. The molecular weight excluding hydrogens is 532 g/mol. The van der Waals surface area contributed by atoms with Gasteiger partial charge in [-0.15, -0.1) is 0 Å². The van der Waals surface area contributed by atoms with Gasteiger partial charge in [-0.2, -0.15) is 0 Å². The van der Waals surface area contributed by atoms with Gasteiger partial charge in [0.2, 0.25) is 0 Å². The minimum absolute atomic E-state index is 0.0592. The highest BCUT2D eigenvalue weighted by atomic mass is 28.4. The van der Waals surface area contributed by atoms with E-state index in [0.29, 0.717) is 13.2 Å². The Hall–Kier alpha value is -3.42. The molecule has 218 valence electrons. The van der Waals surface area contributed by atoms with Gasteiger partial charge in [0.15, 0.2) is 0 Å². The van der Waals surface area contributed by atoms with E-state index in [2.05, 4.69) is 81.4 Å². The summed E-state index contributed by atoms with van der Waals surface area (Å²) in [6.45, 7) is 7.91. The maximum absolute atomic E-state index is 11.5. The van der Waals surface area contributed by atoms with Gasteiger partial charge in [-0.25, -0.2) is 9.59 Å². The van der Waals surface area contributed by atoms with E-state index in [4.69, 9.17) is 9.16 Å². The first-order valence-electron chi connectivity index (χ1n) is 14.6. The Morgan fingerprint density at radius 3 is 1.71 bits per heavy atom. The quantitative estimate of drug-likeness (QED) is 0.232. The number of aromatic carboxylic acids is 2. The largest absolute Gasteiger partial charge is 0.494 e. The van der Waals surface area contributed by atoms with Crippen LogP contribution in [0.25, 0.3) is 0 Å². The molecule has 0 heterocycles. The molecule has 0 atom stereocenters. The van der Waals surface area contributed by atoms with Crippen LogP contribution in [0.1, 0.15) is 86.4 Å². The molecule has 4 rings (SSSR count). The molecule has 0 radical (unpaired) electrons. The Morgan fingerprint density at radius 1 is 0.756 bits per heavy atom. The molecule has 6 nitrogen and oxygen atoms in total. The van der Waals surface area contributed by atoms with E-state index in [1.807, 2.05) is 0 Å². The average molecular weight is 575 g/mol. The highest BCUT2D eigenvalue weighted by Crippen LogP contribution is 2.44. The maximum atomic E-state index is 11.5. The van der Waals surface area contributed by atoms with Crippen LogP contribution in [0.2, 0.25) is 5.04 Å². The van der Waals surface area contributed by atoms with E-state index in [1.54, 1.807) is 0 Å². The van der Waals surface area contributed by atoms with Crippen molar-refractivity contribution in [3.63, 3.8) is 0 Å². The molecule has 3 aromatic carbocycles. The Morgan fingerprint density at radius 2 is 1.24 bits per heavy atom. The van der Waals surface area contributed by atoms with Crippen molar-refractivity contribution in [2.45, 2.75) is 70.8 Å². The molecule has 3 aromatic rings. The first-order chi connectivity index (χ1) is 19.6. The SMILES string of the molecule is CC(C)(C)[Si](OCCC1(CCOc2cc(C(=O)O)cc(C(=O)O)c2)CCCCC1)(c1ccccc1)c1ccccc1. The zero-order chi connectivity index (χ0) is 29.5. The monoisotopic (exact) mass is 574 g/mol. The summed E-state index contributed by atoms with van der Waals surface area (Å²) in [5, 5.41) is 21.3. The highest BCUT2D eigenvalue weighted by molar-refractivity contribution is 6.99. The van der Waals surface area contributed by atoms with Crippen molar-refractivity contribution in [2.75, 3.05) is 13.2 Å². The van der Waals surface area contributed by atoms with E-state index >= 15 is 0 Å². The van der Waals surface area contributed by atoms with Crippen molar-refractivity contribution in [3.05, 3.63) is 90.0 Å². The van der Waals surface area contributed by atoms with Crippen molar-refractivity contribution in [2.24, 2.45) is 5.41 Å². The fraction of sp³-hybridized carbons (Fsp3) is 0.412. The molecule has 0 saturated heterocycles. The van der Waals surface area contributed by atoms with E-state index in [0.717, 1.165) is 44.6 Å². The molecule has 2 N–H and O–H groups in total. The smallest absolute Gasteiger partial charge is 0.335 e. The molecule has 7 heteroatoms. The fourth-order valence-corrected chi connectivity index (χ4v) is 11.0. The van der Waals surface area contributed by atoms with Gasteiger partial charge in [0.05, 0.1) is 17.7 Å². The van der Waals surface area contributed by atoms with E-state index in [1.165, 1.54) is 28.9 Å². The molecule has 0 amide bonds. The number of hydrogen-bond acceptors (Lipinski definition) is 4. The molecule has 0 aromatic heterocycles. The minimum atomic E-state index is -2.63. The summed E-state index contributed by atoms with van der Waals surface area (Å²) in [5.74, 6) is -2.08. The number of carbonyl (C=O) groups is 2. The molecule has 0 unspecified atom stereocenters. The standard InChI is InChI=1S/C34H42O6Si/c1-33(2,3)41(29-13-7-4-8-14-29,30-15-9-5-10-16-30)40-22-20-34(17-11-6-12-18-34)19-21-39-28-24-26(31(35)36)23-27(25-28)32(37)38/h4-5,7-10,13-16,23-25H,6,11-12,17-22H2,1-3H3,(H,35,36)(H,37,38). The van der Waals surface area contributed by atoms with Gasteiger partial charge in [-0.1, -0.05) is 101 Å². The van der Waals surface area contributed by atoms with Crippen molar-refractivity contribution in [1.82, 2.24) is 0 Å². The van der Waals surface area contributed by atoms with Gasteiger partial charge >= 0.3 is 11.9 Å². The predicted molar refractivity (Wildman–Crippen MR) is 164 cm³/mol. The van der Waals surface area contributed by atoms with Gasteiger partial charge in [-0.05, 0) is 64.7 Å². The third-order valence-corrected chi connectivity index (χ3v) is 13.6. The molecule has 1 saturated carbocycles. The first-order valence-corrected chi connectivity index (χ1v) is 16.5. The third kappa shape index (κ3) is 7.08. The van der Waals surface area contributed by atoms with Crippen LogP contribution in [0, 0.1) is 5.41 Å². The summed E-state index contributed by atoms with van der Waals surface area (Å²) in [7, 11) is -2.63. The van der Waals surface area contributed by atoms with Gasteiger partial charge in [-0.3, -0.25) is 0 Å². The van der Waals surface area contributed by atoms with Gasteiger partial charge in [0.1, 0.15) is 5.75 Å². The third-order valence-electron chi connectivity index (χ3n) is 8.58. The lowest BCUT2D eigenvalue weighted by Gasteiger charge is -2.44. The lowest BCUT2D eigenvalue weighted by atomic mass is 9.70. The summed E-state index contributed by atoms with van der Waals surface area (Å²) in [4.78, 5) is 23.0. The molecule has 0 aliphatic heterocycles. The second kappa shape index (κ2) is 13.0. The number of rotatable bonds is 12. The molecule has 1 aliphatic carbocycles. The van der Waals surface area contributed by atoms with E-state index in [9.17, 15) is 19.8 Å². The summed E-state index contributed by atoms with van der Waals surface area (Å²) < 4.78 is 13.2. The Bertz CT molecular complexity index is 1240. The Balaban J connectivity index is 1.54. The topological polar surface area (TPSA) is 93.1 Å². The summed E-state index contributed by atoms with van der Waals surface area (Å²) in [6, 6.07) is 25.3. The van der Waals surface area contributed by atoms with Gasteiger partial charge in [0.25, 0.3) is 8.32 Å². The first kappa shape index (κ1) is 30.5. The fourth-order valence-electron chi connectivity index (χ4n) is 6.42.